The molecule has 1 aliphatic heterocycles. The van der Waals surface area contributed by atoms with Crippen molar-refractivity contribution in [1.29, 1.82) is 0 Å². The van der Waals surface area contributed by atoms with Crippen molar-refractivity contribution in [3.05, 3.63) is 48.0 Å². The molecule has 1 atom stereocenters. The van der Waals surface area contributed by atoms with Crippen molar-refractivity contribution in [1.82, 2.24) is 4.31 Å². The third-order valence-electron chi connectivity index (χ3n) is 5.05. The lowest BCUT2D eigenvalue weighted by Gasteiger charge is -2.21. The molecule has 1 heterocycles. The van der Waals surface area contributed by atoms with Crippen LogP contribution in [0.3, 0.4) is 0 Å². The van der Waals surface area contributed by atoms with Crippen LogP contribution in [0.25, 0.3) is 0 Å². The molecule has 12 heteroatoms. The Morgan fingerprint density at radius 2 is 1.82 bits per heavy atom. The van der Waals surface area contributed by atoms with E-state index in [1.165, 1.54) is 38.2 Å². The number of carbonyl (C=O) groups is 2. The fraction of sp³-hybridized carbons (Fsp3) is 0.333. The van der Waals surface area contributed by atoms with Gasteiger partial charge in [-0.05, 0) is 61.4 Å². The van der Waals surface area contributed by atoms with Gasteiger partial charge >= 0.3 is 6.36 Å². The van der Waals surface area contributed by atoms with Crippen LogP contribution in [0.2, 0.25) is 0 Å². The Morgan fingerprint density at radius 1 is 1.18 bits per heavy atom. The van der Waals surface area contributed by atoms with Crippen LogP contribution >= 0.6 is 0 Å². The van der Waals surface area contributed by atoms with Crippen LogP contribution in [0.1, 0.15) is 19.4 Å². The van der Waals surface area contributed by atoms with Gasteiger partial charge in [0.2, 0.25) is 21.8 Å². The number of anilines is 2. The van der Waals surface area contributed by atoms with Crippen molar-refractivity contribution in [3.63, 3.8) is 0 Å². The lowest BCUT2D eigenvalue weighted by Crippen LogP contribution is -2.35. The summed E-state index contributed by atoms with van der Waals surface area (Å²) in [5.41, 5.74) is 1.56. The number of likely N-dealkylation sites (N-methyl/N-ethyl adjacent to an activating group) is 1. The number of benzene rings is 2. The average molecular weight is 485 g/mol. The standard InChI is InChI=1S/C21H22F3N3O5S/c1-13-10-15-11-18(8-9-19(15)27(13)14(2)28)33(30,31)26(3)12-20(29)25-16-4-6-17(7-5-16)32-21(22,23)24/h4-9,11,13H,10,12H2,1-3H3,(H,25,29). The SMILES string of the molecule is CC(=O)N1c2ccc(S(=O)(=O)N(C)CC(=O)Nc3ccc(OC(F)(F)F)cc3)cc2CC1C. The minimum atomic E-state index is -4.83. The first-order valence-corrected chi connectivity index (χ1v) is 11.3. The predicted octanol–water partition coefficient (Wildman–Crippen LogP) is 3.14. The monoisotopic (exact) mass is 485 g/mol. The van der Waals surface area contributed by atoms with Crippen LogP contribution in [-0.2, 0) is 26.0 Å². The second-order valence-corrected chi connectivity index (χ2v) is 9.66. The number of hydrogen-bond donors (Lipinski definition) is 1. The second-order valence-electron chi connectivity index (χ2n) is 7.61. The van der Waals surface area contributed by atoms with Gasteiger partial charge in [-0.3, -0.25) is 9.59 Å². The summed E-state index contributed by atoms with van der Waals surface area (Å²) in [6.07, 6.45) is -4.32. The average Bonchev–Trinajstić information content (AvgIpc) is 3.03. The molecular formula is C21H22F3N3O5S. The molecule has 0 saturated heterocycles. The Balaban J connectivity index is 1.67. The van der Waals surface area contributed by atoms with Crippen LogP contribution in [-0.4, -0.2) is 50.5 Å². The van der Waals surface area contributed by atoms with E-state index in [1.807, 2.05) is 6.92 Å². The van der Waals surface area contributed by atoms with Gasteiger partial charge in [-0.1, -0.05) is 0 Å². The largest absolute Gasteiger partial charge is 0.573 e. The Hall–Kier alpha value is -3.12. The first-order chi connectivity index (χ1) is 15.3. The van der Waals surface area contributed by atoms with E-state index < -0.39 is 34.6 Å². The van der Waals surface area contributed by atoms with Gasteiger partial charge in [-0.15, -0.1) is 13.2 Å². The Labute approximate surface area is 189 Å². The molecule has 178 valence electrons. The van der Waals surface area contributed by atoms with Crippen LogP contribution in [0.15, 0.2) is 47.4 Å². The molecular weight excluding hydrogens is 463 g/mol. The Morgan fingerprint density at radius 3 is 2.39 bits per heavy atom. The number of hydrogen-bond acceptors (Lipinski definition) is 5. The first-order valence-electron chi connectivity index (χ1n) is 9.82. The second kappa shape index (κ2) is 9.02. The molecule has 1 aliphatic rings. The van der Waals surface area contributed by atoms with E-state index in [4.69, 9.17) is 0 Å². The van der Waals surface area contributed by atoms with Gasteiger partial charge < -0.3 is 15.0 Å². The molecule has 0 fully saturated rings. The van der Waals surface area contributed by atoms with Crippen molar-refractivity contribution < 1.29 is 35.9 Å². The first kappa shape index (κ1) is 24.5. The van der Waals surface area contributed by atoms with Gasteiger partial charge in [0.1, 0.15) is 5.75 Å². The number of rotatable bonds is 6. The molecule has 0 spiro atoms. The summed E-state index contributed by atoms with van der Waals surface area (Å²) in [6.45, 7) is 2.80. The zero-order valence-electron chi connectivity index (χ0n) is 18.0. The third-order valence-corrected chi connectivity index (χ3v) is 6.85. The Bertz CT molecular complexity index is 1170. The van der Waals surface area contributed by atoms with Gasteiger partial charge in [-0.25, -0.2) is 8.42 Å². The van der Waals surface area contributed by atoms with Crippen LogP contribution in [0.4, 0.5) is 24.5 Å². The van der Waals surface area contributed by atoms with E-state index in [0.717, 1.165) is 22.0 Å². The van der Waals surface area contributed by atoms with Gasteiger partial charge in [0.15, 0.2) is 0 Å². The highest BCUT2D eigenvalue weighted by Gasteiger charge is 2.32. The number of amides is 2. The zero-order valence-corrected chi connectivity index (χ0v) is 18.8. The number of alkyl halides is 3. The lowest BCUT2D eigenvalue weighted by atomic mass is 10.1. The molecule has 2 aromatic carbocycles. The zero-order chi connectivity index (χ0) is 24.6. The quantitative estimate of drug-likeness (QED) is 0.678. The van der Waals surface area contributed by atoms with E-state index in [0.29, 0.717) is 12.1 Å². The van der Waals surface area contributed by atoms with E-state index in [1.54, 1.807) is 11.0 Å². The normalized spacial score (nSPS) is 16.0. The summed E-state index contributed by atoms with van der Waals surface area (Å²) in [6, 6.07) is 8.83. The van der Waals surface area contributed by atoms with Crippen molar-refractivity contribution in [3.8, 4) is 5.75 Å². The van der Waals surface area contributed by atoms with E-state index in [2.05, 4.69) is 10.1 Å². The minimum Gasteiger partial charge on any atom is -0.406 e. The number of ether oxygens (including phenoxy) is 1. The summed E-state index contributed by atoms with van der Waals surface area (Å²) < 4.78 is 67.2. The van der Waals surface area contributed by atoms with Gasteiger partial charge in [0, 0.05) is 31.4 Å². The summed E-state index contributed by atoms with van der Waals surface area (Å²) in [4.78, 5) is 25.7. The van der Waals surface area contributed by atoms with E-state index >= 15 is 0 Å². The number of carbonyl (C=O) groups excluding carboxylic acids is 2. The summed E-state index contributed by atoms with van der Waals surface area (Å²) in [5.74, 6) is -1.26. The molecule has 0 aromatic heterocycles. The van der Waals surface area contributed by atoms with Crippen LogP contribution < -0.4 is 15.0 Å². The molecule has 0 bridgehead atoms. The molecule has 1 N–H and O–H groups in total. The fourth-order valence-corrected chi connectivity index (χ4v) is 4.83. The van der Waals surface area contributed by atoms with Crippen molar-refractivity contribution >= 4 is 33.2 Å². The highest BCUT2D eigenvalue weighted by Crippen LogP contribution is 2.34. The molecule has 3 rings (SSSR count). The fourth-order valence-electron chi connectivity index (χ4n) is 3.66. The minimum absolute atomic E-state index is 0.0113. The summed E-state index contributed by atoms with van der Waals surface area (Å²) in [7, 11) is -2.76. The van der Waals surface area contributed by atoms with E-state index in [-0.39, 0.29) is 22.5 Å². The molecule has 2 amide bonds. The highest BCUT2D eigenvalue weighted by molar-refractivity contribution is 7.89. The maximum absolute atomic E-state index is 12.9. The van der Waals surface area contributed by atoms with Crippen molar-refractivity contribution in [2.75, 3.05) is 23.8 Å². The molecule has 0 saturated carbocycles. The maximum atomic E-state index is 12.9. The van der Waals surface area contributed by atoms with Gasteiger partial charge in [-0.2, -0.15) is 4.31 Å². The highest BCUT2D eigenvalue weighted by atomic mass is 32.2. The molecule has 2 aromatic rings. The van der Waals surface area contributed by atoms with Gasteiger partial charge in [0.25, 0.3) is 0 Å². The van der Waals surface area contributed by atoms with Gasteiger partial charge in [0.05, 0.1) is 11.4 Å². The number of sulfonamides is 1. The number of fused-ring (bicyclic) bond motifs is 1. The molecule has 0 radical (unpaired) electrons. The number of nitrogens with zero attached hydrogens (tertiary/aromatic N) is 2. The van der Waals surface area contributed by atoms with Crippen LogP contribution in [0, 0.1) is 0 Å². The molecule has 0 aliphatic carbocycles. The van der Waals surface area contributed by atoms with Crippen molar-refractivity contribution in [2.24, 2.45) is 0 Å². The predicted molar refractivity (Wildman–Crippen MR) is 114 cm³/mol. The lowest BCUT2D eigenvalue weighted by molar-refractivity contribution is -0.274. The third kappa shape index (κ3) is 5.63. The number of nitrogens with one attached hydrogen (secondary N) is 1. The Kier molecular flexibility index (Phi) is 6.70. The van der Waals surface area contributed by atoms with E-state index in [9.17, 15) is 31.2 Å². The molecule has 1 unspecified atom stereocenters. The molecule has 33 heavy (non-hydrogen) atoms. The van der Waals surface area contributed by atoms with Crippen LogP contribution in [0.5, 0.6) is 5.75 Å². The summed E-state index contributed by atoms with van der Waals surface area (Å²) >= 11 is 0. The number of halogens is 3. The summed E-state index contributed by atoms with van der Waals surface area (Å²) in [5, 5.41) is 2.43. The van der Waals surface area contributed by atoms with Crippen molar-refractivity contribution in [2.45, 2.75) is 37.6 Å². The molecule has 8 nitrogen and oxygen atoms in total. The smallest absolute Gasteiger partial charge is 0.406 e. The topological polar surface area (TPSA) is 96.0 Å². The maximum Gasteiger partial charge on any atom is 0.573 e.